The fraction of sp³-hybridized carbons (Fsp3) is 0.125. The van der Waals surface area contributed by atoms with E-state index in [0.29, 0.717) is 16.6 Å². The van der Waals surface area contributed by atoms with Crippen molar-refractivity contribution in [1.82, 2.24) is 15.0 Å². The molecule has 2 aromatic heterocycles. The van der Waals surface area contributed by atoms with E-state index in [1.165, 1.54) is 11.8 Å². The number of aromatic nitrogens is 3. The number of fused-ring (bicyclic) bond motifs is 1. The van der Waals surface area contributed by atoms with Gasteiger partial charge in [0, 0.05) is 11.6 Å². The zero-order valence-corrected chi connectivity index (χ0v) is 7.88. The average molecular weight is 192 g/mol. The zero-order chi connectivity index (χ0) is 9.26. The van der Waals surface area contributed by atoms with Gasteiger partial charge in [0.2, 0.25) is 0 Å². The maximum atomic E-state index is 5.54. The van der Waals surface area contributed by atoms with Crippen molar-refractivity contribution in [3.63, 3.8) is 0 Å². The summed E-state index contributed by atoms with van der Waals surface area (Å²) in [6, 6.07) is 3.60. The molecule has 2 rings (SSSR count). The Labute approximate surface area is 79.6 Å². The molecule has 0 amide bonds. The number of nitrogen functional groups attached to an aromatic ring is 1. The lowest BCUT2D eigenvalue weighted by atomic mass is 10.3. The van der Waals surface area contributed by atoms with Gasteiger partial charge in [-0.15, -0.1) is 0 Å². The van der Waals surface area contributed by atoms with Crippen LogP contribution in [0.3, 0.4) is 0 Å². The van der Waals surface area contributed by atoms with Crippen molar-refractivity contribution >= 4 is 28.6 Å². The molecule has 0 bridgehead atoms. The number of anilines is 1. The molecule has 0 aliphatic carbocycles. The summed E-state index contributed by atoms with van der Waals surface area (Å²) >= 11 is 1.49. The van der Waals surface area contributed by atoms with E-state index in [1.807, 2.05) is 12.3 Å². The minimum atomic E-state index is 0.484. The lowest BCUT2D eigenvalue weighted by molar-refractivity contribution is 0.993. The molecule has 2 heterocycles. The van der Waals surface area contributed by atoms with Crippen LogP contribution in [0, 0.1) is 0 Å². The van der Waals surface area contributed by atoms with E-state index in [1.54, 1.807) is 12.3 Å². The van der Waals surface area contributed by atoms with Crippen LogP contribution in [0.1, 0.15) is 0 Å². The molecule has 0 atom stereocenters. The highest BCUT2D eigenvalue weighted by atomic mass is 32.2. The second kappa shape index (κ2) is 3.18. The third-order valence-electron chi connectivity index (χ3n) is 1.63. The quantitative estimate of drug-likeness (QED) is 0.545. The monoisotopic (exact) mass is 192 g/mol. The Balaban J connectivity index is 2.68. The summed E-state index contributed by atoms with van der Waals surface area (Å²) in [5, 5.41) is 1.62. The van der Waals surface area contributed by atoms with Gasteiger partial charge < -0.3 is 5.73 Å². The zero-order valence-electron chi connectivity index (χ0n) is 7.06. The normalized spacial score (nSPS) is 10.5. The number of pyridine rings is 1. The van der Waals surface area contributed by atoms with Gasteiger partial charge >= 0.3 is 0 Å². The molecule has 0 saturated carbocycles. The highest BCUT2D eigenvalue weighted by molar-refractivity contribution is 7.98. The van der Waals surface area contributed by atoms with E-state index in [2.05, 4.69) is 15.0 Å². The first-order valence-electron chi connectivity index (χ1n) is 3.73. The number of nitrogens with zero attached hydrogens (tertiary/aromatic N) is 3. The number of thioether (sulfide) groups is 1. The summed E-state index contributed by atoms with van der Waals surface area (Å²) < 4.78 is 0. The molecule has 0 unspecified atom stereocenters. The average Bonchev–Trinajstić information content (AvgIpc) is 2.16. The smallest absolute Gasteiger partial charge is 0.189 e. The Morgan fingerprint density at radius 1 is 1.31 bits per heavy atom. The van der Waals surface area contributed by atoms with Gasteiger partial charge in [0.25, 0.3) is 0 Å². The maximum Gasteiger partial charge on any atom is 0.189 e. The van der Waals surface area contributed by atoms with Crippen LogP contribution in [0.25, 0.3) is 11.0 Å². The van der Waals surface area contributed by atoms with Crippen molar-refractivity contribution in [2.24, 2.45) is 0 Å². The summed E-state index contributed by atoms with van der Waals surface area (Å²) in [6.07, 6.45) is 3.67. The van der Waals surface area contributed by atoms with Crippen LogP contribution in [0.5, 0.6) is 0 Å². The van der Waals surface area contributed by atoms with Crippen LogP contribution < -0.4 is 5.73 Å². The summed E-state index contributed by atoms with van der Waals surface area (Å²) in [4.78, 5) is 12.4. The largest absolute Gasteiger partial charge is 0.384 e. The van der Waals surface area contributed by atoms with Crippen molar-refractivity contribution < 1.29 is 0 Å². The van der Waals surface area contributed by atoms with E-state index in [-0.39, 0.29) is 0 Å². The third kappa shape index (κ3) is 1.55. The molecule has 2 aromatic rings. The third-order valence-corrected chi connectivity index (χ3v) is 2.19. The van der Waals surface area contributed by atoms with E-state index in [4.69, 9.17) is 5.73 Å². The molecule has 0 aromatic carbocycles. The van der Waals surface area contributed by atoms with E-state index < -0.39 is 0 Å². The van der Waals surface area contributed by atoms with E-state index in [0.717, 1.165) is 5.39 Å². The van der Waals surface area contributed by atoms with Gasteiger partial charge in [-0.3, -0.25) is 0 Å². The minimum absolute atomic E-state index is 0.484. The van der Waals surface area contributed by atoms with Gasteiger partial charge in [-0.25, -0.2) is 15.0 Å². The molecule has 5 heteroatoms. The highest BCUT2D eigenvalue weighted by Gasteiger charge is 1.99. The highest BCUT2D eigenvalue weighted by Crippen LogP contribution is 2.14. The van der Waals surface area contributed by atoms with Crippen LogP contribution >= 0.6 is 11.8 Å². The van der Waals surface area contributed by atoms with Crippen molar-refractivity contribution in [2.45, 2.75) is 5.16 Å². The van der Waals surface area contributed by atoms with Crippen molar-refractivity contribution in [1.29, 1.82) is 0 Å². The summed E-state index contributed by atoms with van der Waals surface area (Å²) in [5.74, 6) is 0.484. The minimum Gasteiger partial charge on any atom is -0.384 e. The first kappa shape index (κ1) is 8.25. The molecule has 0 aliphatic rings. The van der Waals surface area contributed by atoms with Gasteiger partial charge in [0.05, 0.1) is 0 Å². The topological polar surface area (TPSA) is 64.7 Å². The Kier molecular flexibility index (Phi) is 2.02. The standard InChI is InChI=1S/C8H8N4S/c1-13-8-10-4-5-2-3-6(9)11-7(5)12-8/h2-4H,1H3,(H2,9,10,11,12). The van der Waals surface area contributed by atoms with Crippen molar-refractivity contribution in [3.05, 3.63) is 18.3 Å². The SMILES string of the molecule is CSc1ncc2ccc(N)nc2n1. The molecular weight excluding hydrogens is 184 g/mol. The lowest BCUT2D eigenvalue weighted by Crippen LogP contribution is -1.93. The van der Waals surface area contributed by atoms with Gasteiger partial charge in [0.15, 0.2) is 10.8 Å². The van der Waals surface area contributed by atoms with Crippen LogP contribution in [-0.2, 0) is 0 Å². The Morgan fingerprint density at radius 2 is 2.15 bits per heavy atom. The Hall–Kier alpha value is -1.36. The molecule has 0 radical (unpaired) electrons. The molecule has 0 spiro atoms. The van der Waals surface area contributed by atoms with E-state index >= 15 is 0 Å². The number of hydrogen-bond donors (Lipinski definition) is 1. The molecule has 0 fully saturated rings. The molecule has 66 valence electrons. The van der Waals surface area contributed by atoms with Crippen molar-refractivity contribution in [3.8, 4) is 0 Å². The molecule has 4 nitrogen and oxygen atoms in total. The Bertz CT molecular complexity index is 443. The second-order valence-corrected chi connectivity index (χ2v) is 3.28. The van der Waals surface area contributed by atoms with E-state index in [9.17, 15) is 0 Å². The molecule has 13 heavy (non-hydrogen) atoms. The van der Waals surface area contributed by atoms with Gasteiger partial charge in [-0.05, 0) is 18.4 Å². The Morgan fingerprint density at radius 3 is 2.92 bits per heavy atom. The predicted octanol–water partition coefficient (Wildman–Crippen LogP) is 1.33. The van der Waals surface area contributed by atoms with Gasteiger partial charge in [-0.2, -0.15) is 0 Å². The lowest BCUT2D eigenvalue weighted by Gasteiger charge is -1.98. The van der Waals surface area contributed by atoms with Gasteiger partial charge in [0.1, 0.15) is 5.82 Å². The molecule has 0 aliphatic heterocycles. The maximum absolute atomic E-state index is 5.54. The molecule has 0 saturated heterocycles. The summed E-state index contributed by atoms with van der Waals surface area (Å²) in [5.41, 5.74) is 6.19. The van der Waals surface area contributed by atoms with Crippen LogP contribution in [0.15, 0.2) is 23.5 Å². The van der Waals surface area contributed by atoms with Gasteiger partial charge in [-0.1, -0.05) is 11.8 Å². The number of nitrogens with two attached hydrogens (primary N) is 1. The second-order valence-electron chi connectivity index (χ2n) is 2.51. The number of rotatable bonds is 1. The van der Waals surface area contributed by atoms with Crippen LogP contribution in [0.4, 0.5) is 5.82 Å². The molecule has 2 N–H and O–H groups in total. The van der Waals surface area contributed by atoms with Crippen LogP contribution in [-0.4, -0.2) is 21.2 Å². The van der Waals surface area contributed by atoms with Crippen molar-refractivity contribution in [2.75, 3.05) is 12.0 Å². The fourth-order valence-electron chi connectivity index (χ4n) is 1.01. The summed E-state index contributed by atoms with van der Waals surface area (Å²) in [6.45, 7) is 0. The predicted molar refractivity (Wildman–Crippen MR) is 53.5 cm³/mol. The first-order chi connectivity index (χ1) is 6.29. The first-order valence-corrected chi connectivity index (χ1v) is 4.95. The fourth-order valence-corrected chi connectivity index (χ4v) is 1.34. The number of hydrogen-bond acceptors (Lipinski definition) is 5. The van der Waals surface area contributed by atoms with Crippen LogP contribution in [0.2, 0.25) is 0 Å². The summed E-state index contributed by atoms with van der Waals surface area (Å²) in [7, 11) is 0. The molecular formula is C8H8N4S.